The van der Waals surface area contributed by atoms with E-state index >= 15 is 0 Å². The number of aliphatic hydroxyl groups is 1. The monoisotopic (exact) mass is 254 g/mol. The number of hydrogen-bond donors (Lipinski definition) is 1. The Morgan fingerprint density at radius 2 is 1.67 bits per heavy atom. The highest BCUT2D eigenvalue weighted by molar-refractivity contribution is 5.05. The molecule has 0 radical (unpaired) electrons. The molecule has 4 atom stereocenters. The van der Waals surface area contributed by atoms with Crippen molar-refractivity contribution in [2.45, 2.75) is 78.1 Å². The molecule has 2 aliphatic rings. The van der Waals surface area contributed by atoms with Gasteiger partial charge in [-0.05, 0) is 43.4 Å². The third-order valence-electron chi connectivity index (χ3n) is 4.64. The lowest BCUT2D eigenvalue weighted by atomic mass is 9.65. The summed E-state index contributed by atoms with van der Waals surface area (Å²) in [6.07, 6.45) is 5.03. The maximum Gasteiger partial charge on any atom is 0.0899 e. The van der Waals surface area contributed by atoms with Crippen LogP contribution in [0.15, 0.2) is 0 Å². The molecule has 0 aromatic rings. The first-order valence-electron chi connectivity index (χ1n) is 7.71. The molecular weight excluding hydrogens is 224 g/mol. The number of epoxide rings is 1. The van der Waals surface area contributed by atoms with Crippen LogP contribution in [0.1, 0.15) is 60.3 Å². The van der Waals surface area contributed by atoms with Gasteiger partial charge in [-0.1, -0.05) is 34.6 Å². The van der Waals surface area contributed by atoms with Crippen molar-refractivity contribution in [2.24, 2.45) is 23.7 Å². The van der Waals surface area contributed by atoms with Crippen LogP contribution >= 0.6 is 0 Å². The van der Waals surface area contributed by atoms with Crippen LogP contribution in [0.2, 0.25) is 0 Å². The van der Waals surface area contributed by atoms with E-state index in [2.05, 4.69) is 34.6 Å². The van der Waals surface area contributed by atoms with Crippen LogP contribution in [0.5, 0.6) is 0 Å². The summed E-state index contributed by atoms with van der Waals surface area (Å²) in [6.45, 7) is 11.1. The van der Waals surface area contributed by atoms with Crippen molar-refractivity contribution < 1.29 is 9.84 Å². The van der Waals surface area contributed by atoms with E-state index in [9.17, 15) is 5.11 Å². The second-order valence-corrected chi connectivity index (χ2v) is 7.52. The first-order valence-corrected chi connectivity index (χ1v) is 7.71. The Bertz CT molecular complexity index is 273. The number of ether oxygens (including phenoxy) is 1. The number of rotatable bonds is 5. The Hall–Kier alpha value is -0.0800. The van der Waals surface area contributed by atoms with Crippen LogP contribution in [0.25, 0.3) is 0 Å². The van der Waals surface area contributed by atoms with Crippen molar-refractivity contribution in [1.82, 2.24) is 0 Å². The maximum absolute atomic E-state index is 11.3. The van der Waals surface area contributed by atoms with Gasteiger partial charge in [-0.2, -0.15) is 0 Å². The van der Waals surface area contributed by atoms with Gasteiger partial charge in [-0.15, -0.1) is 0 Å². The van der Waals surface area contributed by atoms with E-state index in [0.717, 1.165) is 12.8 Å². The van der Waals surface area contributed by atoms with E-state index < -0.39 is 5.60 Å². The molecule has 1 N–H and O–H groups in total. The van der Waals surface area contributed by atoms with E-state index in [1.807, 2.05) is 0 Å². The van der Waals surface area contributed by atoms with Crippen molar-refractivity contribution in [1.29, 1.82) is 0 Å². The summed E-state index contributed by atoms with van der Waals surface area (Å²) in [7, 11) is 0. The average molecular weight is 254 g/mol. The molecule has 2 heteroatoms. The van der Waals surface area contributed by atoms with Crippen molar-refractivity contribution in [3.05, 3.63) is 0 Å². The van der Waals surface area contributed by atoms with Crippen LogP contribution in [-0.2, 0) is 4.74 Å². The summed E-state index contributed by atoms with van der Waals surface area (Å²) in [5.41, 5.74) is -0.526. The van der Waals surface area contributed by atoms with E-state index in [1.165, 1.54) is 12.8 Å². The van der Waals surface area contributed by atoms with E-state index in [1.54, 1.807) is 0 Å². The molecule has 0 aromatic carbocycles. The molecule has 0 unspecified atom stereocenters. The fourth-order valence-corrected chi connectivity index (χ4v) is 4.24. The van der Waals surface area contributed by atoms with Crippen LogP contribution in [-0.4, -0.2) is 22.9 Å². The standard InChI is InChI=1S/C16H30O2/c1-10(2)8-16(17,9-11(3)4)14-12(5)6-7-13-15(14)18-13/h10-15,17H,6-9H2,1-5H3/t12-,13-,14-,15-/m1/s1. The van der Waals surface area contributed by atoms with E-state index in [4.69, 9.17) is 4.74 Å². The number of hydrogen-bond acceptors (Lipinski definition) is 2. The zero-order valence-corrected chi connectivity index (χ0v) is 12.6. The Morgan fingerprint density at radius 1 is 1.11 bits per heavy atom. The molecule has 18 heavy (non-hydrogen) atoms. The summed E-state index contributed by atoms with van der Waals surface area (Å²) in [5, 5.41) is 11.3. The van der Waals surface area contributed by atoms with Crippen molar-refractivity contribution in [3.8, 4) is 0 Å². The molecule has 1 saturated heterocycles. The van der Waals surface area contributed by atoms with Crippen molar-refractivity contribution in [3.63, 3.8) is 0 Å². The molecule has 0 spiro atoms. The fourth-order valence-electron chi connectivity index (χ4n) is 4.24. The van der Waals surface area contributed by atoms with Gasteiger partial charge in [0, 0.05) is 5.92 Å². The van der Waals surface area contributed by atoms with Gasteiger partial charge in [0.1, 0.15) is 0 Å². The summed E-state index contributed by atoms with van der Waals surface area (Å²) in [4.78, 5) is 0. The smallest absolute Gasteiger partial charge is 0.0899 e. The Balaban J connectivity index is 2.16. The first kappa shape index (κ1) is 14.3. The highest BCUT2D eigenvalue weighted by atomic mass is 16.6. The molecule has 1 aliphatic heterocycles. The van der Waals surface area contributed by atoms with Crippen LogP contribution in [0, 0.1) is 23.7 Å². The topological polar surface area (TPSA) is 32.8 Å². The molecule has 1 aliphatic carbocycles. The van der Waals surface area contributed by atoms with Gasteiger partial charge < -0.3 is 9.84 Å². The van der Waals surface area contributed by atoms with E-state index in [-0.39, 0.29) is 0 Å². The molecule has 0 aromatic heterocycles. The third-order valence-corrected chi connectivity index (χ3v) is 4.64. The summed E-state index contributed by atoms with van der Waals surface area (Å²) in [5.74, 6) is 2.03. The zero-order valence-electron chi connectivity index (χ0n) is 12.6. The van der Waals surface area contributed by atoms with Crippen molar-refractivity contribution in [2.75, 3.05) is 0 Å². The molecule has 2 rings (SSSR count). The molecule has 2 nitrogen and oxygen atoms in total. The molecule has 1 heterocycles. The van der Waals surface area contributed by atoms with E-state index in [0.29, 0.717) is 35.9 Å². The molecule has 1 saturated carbocycles. The Labute approximate surface area is 112 Å². The SMILES string of the molecule is CC(C)CC(O)(CC(C)C)[C@H]1[C@@H]2O[C@@H]2CC[C@H]1C. The maximum atomic E-state index is 11.3. The second-order valence-electron chi connectivity index (χ2n) is 7.52. The highest BCUT2D eigenvalue weighted by Crippen LogP contribution is 2.51. The van der Waals surface area contributed by atoms with Gasteiger partial charge in [0.05, 0.1) is 17.8 Å². The van der Waals surface area contributed by atoms with Gasteiger partial charge in [-0.25, -0.2) is 0 Å². The molecule has 0 bridgehead atoms. The fraction of sp³-hybridized carbons (Fsp3) is 1.00. The van der Waals surface area contributed by atoms with Gasteiger partial charge in [0.15, 0.2) is 0 Å². The third kappa shape index (κ3) is 2.91. The zero-order chi connectivity index (χ0) is 13.5. The minimum Gasteiger partial charge on any atom is -0.389 e. The van der Waals surface area contributed by atoms with Gasteiger partial charge in [-0.3, -0.25) is 0 Å². The van der Waals surface area contributed by atoms with Crippen LogP contribution in [0.4, 0.5) is 0 Å². The average Bonchev–Trinajstić information content (AvgIpc) is 2.92. The lowest BCUT2D eigenvalue weighted by Gasteiger charge is -2.43. The minimum absolute atomic E-state index is 0.344. The normalized spacial score (nSPS) is 36.0. The predicted octanol–water partition coefficient (Wildman–Crippen LogP) is 3.62. The lowest BCUT2D eigenvalue weighted by molar-refractivity contribution is -0.0824. The Kier molecular flexibility index (Phi) is 4.08. The summed E-state index contributed by atoms with van der Waals surface area (Å²) in [6, 6.07) is 0. The lowest BCUT2D eigenvalue weighted by Crippen LogP contribution is -2.48. The van der Waals surface area contributed by atoms with Gasteiger partial charge >= 0.3 is 0 Å². The summed E-state index contributed by atoms with van der Waals surface area (Å²) >= 11 is 0. The molecular formula is C16H30O2. The largest absolute Gasteiger partial charge is 0.389 e. The summed E-state index contributed by atoms with van der Waals surface area (Å²) < 4.78 is 5.81. The van der Waals surface area contributed by atoms with Gasteiger partial charge in [0.25, 0.3) is 0 Å². The number of fused-ring (bicyclic) bond motifs is 1. The minimum atomic E-state index is -0.526. The van der Waals surface area contributed by atoms with Gasteiger partial charge in [0.2, 0.25) is 0 Å². The Morgan fingerprint density at radius 3 is 2.17 bits per heavy atom. The quantitative estimate of drug-likeness (QED) is 0.760. The highest BCUT2D eigenvalue weighted by Gasteiger charge is 2.57. The van der Waals surface area contributed by atoms with Crippen LogP contribution < -0.4 is 0 Å². The molecule has 0 amide bonds. The molecule has 106 valence electrons. The van der Waals surface area contributed by atoms with Crippen molar-refractivity contribution >= 4 is 0 Å². The second kappa shape index (κ2) is 5.13. The first-order chi connectivity index (χ1) is 8.33. The predicted molar refractivity (Wildman–Crippen MR) is 74.4 cm³/mol. The van der Waals surface area contributed by atoms with Crippen LogP contribution in [0.3, 0.4) is 0 Å². The molecule has 2 fully saturated rings.